The van der Waals surface area contributed by atoms with Crippen molar-refractivity contribution in [1.29, 1.82) is 0 Å². The van der Waals surface area contributed by atoms with E-state index >= 15 is 0 Å². The quantitative estimate of drug-likeness (QED) is 0.301. The molecule has 208 valence electrons. The summed E-state index contributed by atoms with van der Waals surface area (Å²) in [6, 6.07) is 4.37. The molecule has 0 saturated heterocycles. The lowest BCUT2D eigenvalue weighted by Crippen LogP contribution is -2.51. The minimum Gasteiger partial charge on any atom is -0.390 e. The number of nitrogens with zero attached hydrogens (tertiary/aromatic N) is 2. The van der Waals surface area contributed by atoms with Gasteiger partial charge >= 0.3 is 6.18 Å². The summed E-state index contributed by atoms with van der Waals surface area (Å²) in [6.45, 7) is 1.17. The van der Waals surface area contributed by atoms with Gasteiger partial charge in [0.1, 0.15) is 11.9 Å². The second-order valence-corrected chi connectivity index (χ2v) is 11.5. The first-order chi connectivity index (χ1) is 18.0. The normalized spacial score (nSPS) is 34.2. The maximum Gasteiger partial charge on any atom is 0.417 e. The number of anilines is 3. The number of halogens is 4. The molecule has 2 unspecified atom stereocenters. The van der Waals surface area contributed by atoms with E-state index in [1.165, 1.54) is 6.07 Å². The Bertz CT molecular complexity index is 1200. The third-order valence-corrected chi connectivity index (χ3v) is 9.10. The van der Waals surface area contributed by atoms with Gasteiger partial charge in [0.2, 0.25) is 0 Å². The SMILES string of the molecule is CN(C[C@H]1C[C@@H](n2ccc3c2NCNC3N)[C@H](O)[C@@H]1O)[C@H]1C[C@H](C2Nc3cc(Cl)c(C(F)(F)F)cc3N2)C1. The van der Waals surface area contributed by atoms with E-state index in [1.54, 1.807) is 0 Å². The number of nitrogens with two attached hydrogens (primary N) is 1. The van der Waals surface area contributed by atoms with Crippen molar-refractivity contribution in [2.75, 3.05) is 36.2 Å². The number of aliphatic hydroxyl groups excluding tert-OH is 2. The van der Waals surface area contributed by atoms with Gasteiger partial charge in [0.25, 0.3) is 0 Å². The largest absolute Gasteiger partial charge is 0.417 e. The summed E-state index contributed by atoms with van der Waals surface area (Å²) in [5.41, 5.74) is 7.23. The summed E-state index contributed by atoms with van der Waals surface area (Å²) < 4.78 is 41.7. The molecule has 2 aliphatic carbocycles. The maximum absolute atomic E-state index is 13.2. The zero-order chi connectivity index (χ0) is 26.9. The van der Waals surface area contributed by atoms with E-state index in [4.69, 9.17) is 17.3 Å². The molecule has 1 aromatic heterocycles. The van der Waals surface area contributed by atoms with Gasteiger partial charge in [0, 0.05) is 36.2 Å². The Morgan fingerprint density at radius 2 is 1.84 bits per heavy atom. The van der Waals surface area contributed by atoms with Crippen molar-refractivity contribution in [3.63, 3.8) is 0 Å². The van der Waals surface area contributed by atoms with Gasteiger partial charge in [-0.15, -0.1) is 0 Å². The topological polar surface area (TPSA) is 123 Å². The molecule has 0 bridgehead atoms. The Morgan fingerprint density at radius 3 is 2.55 bits per heavy atom. The van der Waals surface area contributed by atoms with Gasteiger partial charge in [-0.3, -0.25) is 5.32 Å². The van der Waals surface area contributed by atoms with Crippen LogP contribution in [0.1, 0.15) is 42.6 Å². The van der Waals surface area contributed by atoms with Crippen molar-refractivity contribution < 1.29 is 23.4 Å². The van der Waals surface area contributed by atoms with Crippen molar-refractivity contribution >= 4 is 28.8 Å². The first-order valence-electron chi connectivity index (χ1n) is 12.9. The van der Waals surface area contributed by atoms with Crippen LogP contribution in [-0.4, -0.2) is 64.4 Å². The van der Waals surface area contributed by atoms with E-state index in [-0.39, 0.29) is 41.3 Å². The Morgan fingerprint density at radius 1 is 1.13 bits per heavy atom. The molecular formula is C25H33ClF3N7O2. The first-order valence-corrected chi connectivity index (χ1v) is 13.3. The van der Waals surface area contributed by atoms with Crippen LogP contribution >= 0.6 is 11.6 Å². The second-order valence-electron chi connectivity index (χ2n) is 11.1. The fourth-order valence-corrected chi connectivity index (χ4v) is 6.78. The number of aromatic nitrogens is 1. The Balaban J connectivity index is 1.04. The lowest BCUT2D eigenvalue weighted by molar-refractivity contribution is -0.137. The maximum atomic E-state index is 13.2. The molecule has 13 heteroatoms. The van der Waals surface area contributed by atoms with E-state index in [1.807, 2.05) is 23.9 Å². The van der Waals surface area contributed by atoms with E-state index in [0.29, 0.717) is 31.0 Å². The molecule has 2 saturated carbocycles. The van der Waals surface area contributed by atoms with Crippen LogP contribution in [0.2, 0.25) is 5.02 Å². The van der Waals surface area contributed by atoms with Gasteiger partial charge in [0.15, 0.2) is 0 Å². The van der Waals surface area contributed by atoms with Crippen LogP contribution in [0.3, 0.4) is 0 Å². The summed E-state index contributed by atoms with van der Waals surface area (Å²) in [5.74, 6) is 1.03. The van der Waals surface area contributed by atoms with Crippen molar-refractivity contribution in [3.05, 3.63) is 40.5 Å². The van der Waals surface area contributed by atoms with Gasteiger partial charge in [0.05, 0.1) is 53.1 Å². The second kappa shape index (κ2) is 9.46. The molecule has 2 fully saturated rings. The molecule has 0 amide bonds. The van der Waals surface area contributed by atoms with E-state index in [9.17, 15) is 23.4 Å². The van der Waals surface area contributed by atoms with Gasteiger partial charge < -0.3 is 41.4 Å². The highest BCUT2D eigenvalue weighted by Gasteiger charge is 2.46. The average molecular weight is 556 g/mol. The molecule has 4 aliphatic rings. The van der Waals surface area contributed by atoms with E-state index < -0.39 is 23.9 Å². The standard InChI is InChI=1S/C25H33ClF3N7O2/c1-35(9-12-6-19(21(38)20(12)37)36-3-2-14-22(30)31-10-32-24(14)36)13-4-11(5-13)23-33-17-7-15(25(27,28)29)16(26)8-18(17)34-23/h2-3,7-8,11-13,19-23,31-34,37-38H,4-6,9-10,30H2,1H3/t11-,12-,13-,19-,20-,21+,22?,23?/m1/s1. The third-order valence-electron chi connectivity index (χ3n) is 8.79. The summed E-state index contributed by atoms with van der Waals surface area (Å²) in [4.78, 5) is 2.23. The van der Waals surface area contributed by atoms with E-state index in [2.05, 4.69) is 26.2 Å². The highest BCUT2D eigenvalue weighted by atomic mass is 35.5. The van der Waals surface area contributed by atoms with Crippen molar-refractivity contribution in [2.45, 2.75) is 62.1 Å². The van der Waals surface area contributed by atoms with Crippen LogP contribution in [0, 0.1) is 11.8 Å². The van der Waals surface area contributed by atoms with Gasteiger partial charge in [-0.05, 0) is 44.5 Å². The van der Waals surface area contributed by atoms with Crippen LogP contribution in [0.15, 0.2) is 24.4 Å². The lowest BCUT2D eigenvalue weighted by atomic mass is 9.77. The number of benzene rings is 1. The number of nitrogens with one attached hydrogen (secondary N) is 4. The van der Waals surface area contributed by atoms with Crippen molar-refractivity contribution in [2.24, 2.45) is 17.6 Å². The Labute approximate surface area is 223 Å². The molecular weight excluding hydrogens is 523 g/mol. The molecule has 3 heterocycles. The summed E-state index contributed by atoms with van der Waals surface area (Å²) >= 11 is 5.87. The molecule has 8 N–H and O–H groups in total. The molecule has 2 aromatic rings. The zero-order valence-electron chi connectivity index (χ0n) is 20.8. The summed E-state index contributed by atoms with van der Waals surface area (Å²) in [7, 11) is 2.02. The molecule has 0 radical (unpaired) electrons. The monoisotopic (exact) mass is 555 g/mol. The fraction of sp³-hybridized carbons (Fsp3) is 0.600. The van der Waals surface area contributed by atoms with Crippen LogP contribution in [0.4, 0.5) is 30.4 Å². The van der Waals surface area contributed by atoms with Crippen molar-refractivity contribution in [3.8, 4) is 0 Å². The molecule has 9 nitrogen and oxygen atoms in total. The average Bonchev–Trinajstić information content (AvgIpc) is 3.49. The zero-order valence-corrected chi connectivity index (χ0v) is 21.6. The number of hydrogen-bond acceptors (Lipinski definition) is 8. The lowest BCUT2D eigenvalue weighted by Gasteiger charge is -2.44. The summed E-state index contributed by atoms with van der Waals surface area (Å²) in [6.07, 6.45) is -2.38. The van der Waals surface area contributed by atoms with Crippen LogP contribution in [-0.2, 0) is 6.18 Å². The van der Waals surface area contributed by atoms with E-state index in [0.717, 1.165) is 30.3 Å². The first kappa shape index (κ1) is 26.0. The molecule has 1 aromatic carbocycles. The minimum atomic E-state index is -4.51. The van der Waals surface area contributed by atoms with Crippen LogP contribution < -0.4 is 27.0 Å². The number of alkyl halides is 3. The Hall–Kier alpha value is -2.22. The van der Waals surface area contributed by atoms with Crippen LogP contribution in [0.25, 0.3) is 0 Å². The third kappa shape index (κ3) is 4.40. The predicted octanol–water partition coefficient (Wildman–Crippen LogP) is 2.95. The number of aliphatic hydroxyl groups is 2. The fourth-order valence-electron chi connectivity index (χ4n) is 6.51. The number of rotatable bonds is 5. The molecule has 0 spiro atoms. The number of fused-ring (bicyclic) bond motifs is 2. The van der Waals surface area contributed by atoms with Crippen molar-refractivity contribution in [1.82, 2.24) is 14.8 Å². The molecule has 38 heavy (non-hydrogen) atoms. The minimum absolute atomic E-state index is 0.0950. The van der Waals surface area contributed by atoms with Crippen LogP contribution in [0.5, 0.6) is 0 Å². The molecule has 2 aliphatic heterocycles. The smallest absolute Gasteiger partial charge is 0.390 e. The summed E-state index contributed by atoms with van der Waals surface area (Å²) in [5, 5.41) is 34.3. The molecule has 6 atom stereocenters. The van der Waals surface area contributed by atoms with Gasteiger partial charge in [-0.2, -0.15) is 13.2 Å². The van der Waals surface area contributed by atoms with Gasteiger partial charge in [-0.1, -0.05) is 11.6 Å². The highest BCUT2D eigenvalue weighted by molar-refractivity contribution is 6.32. The van der Waals surface area contributed by atoms with Gasteiger partial charge in [-0.25, -0.2) is 0 Å². The highest BCUT2D eigenvalue weighted by Crippen LogP contribution is 2.46. The predicted molar refractivity (Wildman–Crippen MR) is 139 cm³/mol. The Kier molecular flexibility index (Phi) is 6.48. The number of hydrogen-bond donors (Lipinski definition) is 7. The molecule has 6 rings (SSSR count).